The van der Waals surface area contributed by atoms with Crippen LogP contribution in [0.15, 0.2) is 17.5 Å². The summed E-state index contributed by atoms with van der Waals surface area (Å²) in [7, 11) is 0. The number of amides is 3. The molecule has 0 aliphatic rings. The van der Waals surface area contributed by atoms with E-state index in [-0.39, 0.29) is 37.7 Å². The van der Waals surface area contributed by atoms with Gasteiger partial charge in [0, 0.05) is 24.9 Å². The molecule has 16 heteroatoms. The Morgan fingerprint density at radius 2 is 1.59 bits per heavy atom. The molecule has 16 nitrogen and oxygen atoms in total. The van der Waals surface area contributed by atoms with Gasteiger partial charge in [-0.2, -0.15) is 0 Å². The summed E-state index contributed by atoms with van der Waals surface area (Å²) in [5.41, 5.74) is 16.7. The van der Waals surface area contributed by atoms with Crippen LogP contribution in [0, 0.1) is 5.92 Å². The van der Waals surface area contributed by atoms with Crippen molar-refractivity contribution in [2.75, 3.05) is 6.54 Å². The minimum absolute atomic E-state index is 0.00658. The van der Waals surface area contributed by atoms with Crippen molar-refractivity contribution in [3.8, 4) is 0 Å². The van der Waals surface area contributed by atoms with Crippen LogP contribution < -0.4 is 33.2 Å². The summed E-state index contributed by atoms with van der Waals surface area (Å²) < 4.78 is 0. The average Bonchev–Trinajstić information content (AvgIpc) is 3.31. The monoisotopic (exact) mass is 525 g/mol. The van der Waals surface area contributed by atoms with Gasteiger partial charge >= 0.3 is 11.9 Å². The lowest BCUT2D eigenvalue weighted by molar-refractivity contribution is -0.143. The highest BCUT2D eigenvalue weighted by Crippen LogP contribution is 2.06. The molecule has 206 valence electrons. The molecule has 12 N–H and O–H groups in total. The molecule has 0 fully saturated rings. The Morgan fingerprint density at radius 1 is 1.00 bits per heavy atom. The Hall–Kier alpha value is -4.21. The number of carbonyl (C=O) groups excluding carboxylic acids is 3. The smallest absolute Gasteiger partial charge is 0.326 e. The lowest BCUT2D eigenvalue weighted by atomic mass is 10.0. The van der Waals surface area contributed by atoms with Gasteiger partial charge in [-0.25, -0.2) is 9.78 Å². The summed E-state index contributed by atoms with van der Waals surface area (Å²) in [5.74, 6) is -5.69. The van der Waals surface area contributed by atoms with Crippen LogP contribution in [0.3, 0.4) is 0 Å². The predicted molar refractivity (Wildman–Crippen MR) is 131 cm³/mol. The first-order valence-electron chi connectivity index (χ1n) is 11.5. The fraction of sp³-hybridized carbons (Fsp3) is 0.571. The summed E-state index contributed by atoms with van der Waals surface area (Å²) in [6, 6.07) is -5.19. The first kappa shape index (κ1) is 30.8. The molecule has 37 heavy (non-hydrogen) atoms. The second-order valence-corrected chi connectivity index (χ2v) is 8.62. The van der Waals surface area contributed by atoms with E-state index < -0.39 is 60.2 Å². The molecule has 0 saturated carbocycles. The minimum Gasteiger partial charge on any atom is -0.481 e. The van der Waals surface area contributed by atoms with E-state index in [9.17, 15) is 34.2 Å². The molecule has 0 radical (unpaired) electrons. The lowest BCUT2D eigenvalue weighted by Gasteiger charge is -2.25. The number of hydrogen-bond donors (Lipinski definition) is 9. The fourth-order valence-electron chi connectivity index (χ4n) is 3.09. The SMILES string of the molecule is CC(C)C(N)C(=O)NC(CC(=O)O)C(=O)NC(Cc1cnc[nH]1)C(=O)NC(CCCN=C(N)N)C(=O)O. The number of aromatic amines is 1. The van der Waals surface area contributed by atoms with E-state index in [1.807, 2.05) is 0 Å². The zero-order valence-corrected chi connectivity index (χ0v) is 20.6. The van der Waals surface area contributed by atoms with Crippen LogP contribution in [0.2, 0.25) is 0 Å². The molecule has 0 aliphatic carbocycles. The number of nitrogens with one attached hydrogen (secondary N) is 4. The highest BCUT2D eigenvalue weighted by atomic mass is 16.4. The Bertz CT molecular complexity index is 962. The van der Waals surface area contributed by atoms with Gasteiger partial charge in [0.25, 0.3) is 0 Å². The standard InChI is InChI=1S/C21H35N9O7/c1-10(2)16(22)19(35)30-14(7-15(31)32)18(34)29-13(6-11-8-25-9-27-11)17(33)28-12(20(36)37)4-3-5-26-21(23)24/h8-10,12-14,16H,3-7,22H2,1-2H3,(H,25,27)(H,28,33)(H,29,34)(H,30,35)(H,31,32)(H,36,37)(H4,23,24,26). The normalized spacial score (nSPS) is 14.1. The van der Waals surface area contributed by atoms with E-state index in [0.717, 1.165) is 0 Å². The molecule has 4 unspecified atom stereocenters. The van der Waals surface area contributed by atoms with E-state index in [1.165, 1.54) is 12.5 Å². The maximum absolute atomic E-state index is 13.0. The van der Waals surface area contributed by atoms with E-state index in [1.54, 1.807) is 13.8 Å². The van der Waals surface area contributed by atoms with Crippen molar-refractivity contribution in [3.05, 3.63) is 18.2 Å². The van der Waals surface area contributed by atoms with Crippen molar-refractivity contribution in [3.63, 3.8) is 0 Å². The number of hydrogen-bond acceptors (Lipinski definition) is 8. The van der Waals surface area contributed by atoms with Crippen molar-refractivity contribution in [2.45, 2.75) is 63.7 Å². The highest BCUT2D eigenvalue weighted by molar-refractivity contribution is 5.95. The molecular formula is C21H35N9O7. The van der Waals surface area contributed by atoms with Crippen LogP contribution in [0.25, 0.3) is 0 Å². The van der Waals surface area contributed by atoms with Gasteiger partial charge in [-0.1, -0.05) is 13.8 Å². The largest absolute Gasteiger partial charge is 0.481 e. The molecule has 4 atom stereocenters. The predicted octanol–water partition coefficient (Wildman–Crippen LogP) is -3.00. The topological polar surface area (TPSA) is 281 Å². The maximum Gasteiger partial charge on any atom is 0.326 e. The van der Waals surface area contributed by atoms with Gasteiger partial charge in [-0.3, -0.25) is 24.2 Å². The number of rotatable bonds is 16. The Kier molecular flexibility index (Phi) is 12.5. The molecule has 0 saturated heterocycles. The number of nitrogens with two attached hydrogens (primary N) is 3. The van der Waals surface area contributed by atoms with Crippen molar-refractivity contribution in [1.29, 1.82) is 0 Å². The van der Waals surface area contributed by atoms with Gasteiger partial charge in [0.2, 0.25) is 17.7 Å². The van der Waals surface area contributed by atoms with Crippen LogP contribution in [0.4, 0.5) is 0 Å². The quantitative estimate of drug-likeness (QED) is 0.0595. The van der Waals surface area contributed by atoms with Gasteiger partial charge in [0.05, 0.1) is 18.8 Å². The van der Waals surface area contributed by atoms with Crippen LogP contribution in [-0.2, 0) is 30.4 Å². The van der Waals surface area contributed by atoms with E-state index in [0.29, 0.717) is 5.69 Å². The number of aliphatic carboxylic acids is 2. The van der Waals surface area contributed by atoms with Crippen LogP contribution in [0.1, 0.15) is 38.8 Å². The first-order chi connectivity index (χ1) is 17.3. The third-order valence-electron chi connectivity index (χ3n) is 5.20. The number of aromatic nitrogens is 2. The van der Waals surface area contributed by atoms with Gasteiger partial charge in [-0.05, 0) is 18.8 Å². The molecule has 0 aliphatic heterocycles. The number of H-pyrrole nitrogens is 1. The van der Waals surface area contributed by atoms with Gasteiger partial charge < -0.3 is 48.3 Å². The van der Waals surface area contributed by atoms with Gasteiger partial charge in [0.15, 0.2) is 5.96 Å². The van der Waals surface area contributed by atoms with Gasteiger partial charge in [-0.15, -0.1) is 0 Å². The summed E-state index contributed by atoms with van der Waals surface area (Å²) in [6.07, 6.45) is 2.08. The molecule has 0 bridgehead atoms. The third kappa shape index (κ3) is 11.4. The van der Waals surface area contributed by atoms with Crippen molar-refractivity contribution < 1.29 is 34.2 Å². The molecule has 1 rings (SSSR count). The van der Waals surface area contributed by atoms with E-state index in [4.69, 9.17) is 17.2 Å². The number of guanidine groups is 1. The molecular weight excluding hydrogens is 490 g/mol. The summed E-state index contributed by atoms with van der Waals surface area (Å²) >= 11 is 0. The average molecular weight is 526 g/mol. The number of nitrogens with zero attached hydrogens (tertiary/aromatic N) is 2. The number of carbonyl (C=O) groups is 5. The molecule has 0 aromatic carbocycles. The van der Waals surface area contributed by atoms with Gasteiger partial charge in [0.1, 0.15) is 18.1 Å². The Labute approximate surface area is 212 Å². The van der Waals surface area contributed by atoms with Crippen LogP contribution >= 0.6 is 0 Å². The number of carboxylic acids is 2. The van der Waals surface area contributed by atoms with Crippen LogP contribution in [0.5, 0.6) is 0 Å². The second kappa shape index (κ2) is 15.0. The van der Waals surface area contributed by atoms with E-state index >= 15 is 0 Å². The zero-order valence-electron chi connectivity index (χ0n) is 20.6. The van der Waals surface area contributed by atoms with Crippen molar-refractivity contribution in [1.82, 2.24) is 25.9 Å². The molecule has 1 aromatic rings. The lowest BCUT2D eigenvalue weighted by Crippen LogP contribution is -2.58. The summed E-state index contributed by atoms with van der Waals surface area (Å²) in [6.45, 7) is 3.50. The van der Waals surface area contributed by atoms with Crippen LogP contribution in [-0.4, -0.2) is 86.5 Å². The highest BCUT2D eigenvalue weighted by Gasteiger charge is 2.32. The third-order valence-corrected chi connectivity index (χ3v) is 5.20. The molecule has 1 aromatic heterocycles. The fourth-order valence-corrected chi connectivity index (χ4v) is 3.09. The first-order valence-corrected chi connectivity index (χ1v) is 11.5. The minimum atomic E-state index is -1.54. The van der Waals surface area contributed by atoms with Crippen molar-refractivity contribution in [2.24, 2.45) is 28.1 Å². The number of carboxylic acid groups (broad SMARTS) is 2. The van der Waals surface area contributed by atoms with Crippen molar-refractivity contribution >= 4 is 35.6 Å². The number of aliphatic imine (C=N–C) groups is 1. The number of imidazole rings is 1. The molecule has 3 amide bonds. The summed E-state index contributed by atoms with van der Waals surface area (Å²) in [4.78, 5) is 71.7. The Morgan fingerprint density at radius 3 is 2.11 bits per heavy atom. The summed E-state index contributed by atoms with van der Waals surface area (Å²) in [5, 5.41) is 25.8. The molecule has 0 spiro atoms. The molecule has 1 heterocycles. The van der Waals surface area contributed by atoms with E-state index in [2.05, 4.69) is 30.9 Å². The maximum atomic E-state index is 13.0. The second-order valence-electron chi connectivity index (χ2n) is 8.62. The Balaban J connectivity index is 3.05. The zero-order chi connectivity index (χ0) is 28.1.